The van der Waals surface area contributed by atoms with Crippen LogP contribution in [0.5, 0.6) is 11.5 Å². The number of hydrogen-bond donors (Lipinski definition) is 0. The molecule has 0 N–H and O–H groups in total. The van der Waals surface area contributed by atoms with Crippen molar-refractivity contribution >= 4 is 10.0 Å². The maximum absolute atomic E-state index is 13.1. The first-order valence-electron chi connectivity index (χ1n) is 9.60. The maximum Gasteiger partial charge on any atom is 0.243 e. The van der Waals surface area contributed by atoms with Gasteiger partial charge in [0.2, 0.25) is 10.0 Å². The lowest BCUT2D eigenvalue weighted by Gasteiger charge is -2.30. The topological polar surface area (TPSA) is 99.4 Å². The average Bonchev–Trinajstić information content (AvgIpc) is 3.29. The second-order valence-corrected chi connectivity index (χ2v) is 8.92. The van der Waals surface area contributed by atoms with Crippen molar-refractivity contribution < 1.29 is 17.9 Å². The minimum Gasteiger partial charge on any atom is -0.493 e. The monoisotopic (exact) mass is 429 g/mol. The van der Waals surface area contributed by atoms with Gasteiger partial charge in [0.25, 0.3) is 0 Å². The molecule has 1 fully saturated rings. The second-order valence-electron chi connectivity index (χ2n) is 6.98. The molecule has 0 amide bonds. The summed E-state index contributed by atoms with van der Waals surface area (Å²) in [5.41, 5.74) is 0.887. The van der Waals surface area contributed by atoms with E-state index in [9.17, 15) is 8.42 Å². The van der Waals surface area contributed by atoms with E-state index < -0.39 is 10.0 Å². The fourth-order valence-electron chi connectivity index (χ4n) is 3.68. The molecule has 0 atom stereocenters. The van der Waals surface area contributed by atoms with Crippen LogP contribution in [0.1, 0.15) is 24.6 Å². The highest BCUT2D eigenvalue weighted by Crippen LogP contribution is 2.33. The van der Waals surface area contributed by atoms with Gasteiger partial charge in [0.1, 0.15) is 0 Å². The van der Waals surface area contributed by atoms with E-state index in [1.165, 1.54) is 24.6 Å². The first-order valence-corrected chi connectivity index (χ1v) is 11.0. The van der Waals surface area contributed by atoms with Crippen LogP contribution in [0.2, 0.25) is 0 Å². The second kappa shape index (κ2) is 8.41. The van der Waals surface area contributed by atoms with Crippen LogP contribution in [-0.2, 0) is 10.0 Å². The number of piperidine rings is 1. The number of sulfonamides is 1. The highest BCUT2D eigenvalue weighted by molar-refractivity contribution is 7.89. The number of ether oxygens (including phenoxy) is 2. The van der Waals surface area contributed by atoms with E-state index in [1.54, 1.807) is 16.8 Å². The molecule has 0 bridgehead atoms. The Bertz CT molecular complexity index is 1110. The van der Waals surface area contributed by atoms with E-state index in [1.807, 2.05) is 30.3 Å². The largest absolute Gasteiger partial charge is 0.493 e. The number of methoxy groups -OCH3 is 2. The molecule has 0 spiro atoms. The standard InChI is InChI=1S/C20H23N5O4S/c1-28-18-9-8-17(14-19(18)29-2)30(26,27)24-12-10-15(11-13-24)20-21-22-23-25(20)16-6-4-3-5-7-16/h3-9,14-15H,10-13H2,1-2H3. The molecule has 0 unspecified atom stereocenters. The van der Waals surface area contributed by atoms with Gasteiger partial charge in [0.05, 0.1) is 24.8 Å². The maximum atomic E-state index is 13.1. The molecule has 1 aliphatic heterocycles. The fraction of sp³-hybridized carbons (Fsp3) is 0.350. The predicted molar refractivity (Wildman–Crippen MR) is 109 cm³/mol. The molecule has 2 heterocycles. The van der Waals surface area contributed by atoms with Crippen LogP contribution >= 0.6 is 0 Å². The molecule has 4 rings (SSSR count). The van der Waals surface area contributed by atoms with Crippen molar-refractivity contribution in [2.75, 3.05) is 27.3 Å². The summed E-state index contributed by atoms with van der Waals surface area (Å²) in [4.78, 5) is 0.188. The fourth-order valence-corrected chi connectivity index (χ4v) is 5.17. The first kappa shape index (κ1) is 20.3. The zero-order chi connectivity index (χ0) is 21.1. The van der Waals surface area contributed by atoms with E-state index in [0.717, 1.165) is 11.5 Å². The highest BCUT2D eigenvalue weighted by atomic mass is 32.2. The number of rotatable bonds is 6. The highest BCUT2D eigenvalue weighted by Gasteiger charge is 2.32. The van der Waals surface area contributed by atoms with Gasteiger partial charge in [-0.1, -0.05) is 18.2 Å². The third-order valence-electron chi connectivity index (χ3n) is 5.31. The van der Waals surface area contributed by atoms with Gasteiger partial charge in [0.15, 0.2) is 17.3 Å². The third kappa shape index (κ3) is 3.75. The van der Waals surface area contributed by atoms with E-state index >= 15 is 0 Å². The smallest absolute Gasteiger partial charge is 0.243 e. The van der Waals surface area contributed by atoms with Gasteiger partial charge in [0, 0.05) is 25.1 Å². The van der Waals surface area contributed by atoms with E-state index in [0.29, 0.717) is 37.4 Å². The predicted octanol–water partition coefficient (Wildman–Crippen LogP) is 2.25. The number of aromatic nitrogens is 4. The number of hydrogen-bond acceptors (Lipinski definition) is 7. The van der Waals surface area contributed by atoms with Gasteiger partial charge in [-0.25, -0.2) is 8.42 Å². The first-order chi connectivity index (χ1) is 14.5. The Kier molecular flexibility index (Phi) is 5.69. The summed E-state index contributed by atoms with van der Waals surface area (Å²) in [5, 5.41) is 12.1. The summed E-state index contributed by atoms with van der Waals surface area (Å²) in [6.07, 6.45) is 1.28. The van der Waals surface area contributed by atoms with Gasteiger partial charge >= 0.3 is 0 Å². The van der Waals surface area contributed by atoms with Crippen molar-refractivity contribution in [3.63, 3.8) is 0 Å². The molecule has 1 saturated heterocycles. The van der Waals surface area contributed by atoms with Gasteiger partial charge in [-0.15, -0.1) is 5.10 Å². The Labute approximate surface area is 175 Å². The molecule has 1 aromatic heterocycles. The summed E-state index contributed by atoms with van der Waals surface area (Å²) >= 11 is 0. The molecule has 9 nitrogen and oxygen atoms in total. The molecule has 1 aliphatic rings. The van der Waals surface area contributed by atoms with Crippen molar-refractivity contribution in [1.29, 1.82) is 0 Å². The molecule has 158 valence electrons. The molecule has 30 heavy (non-hydrogen) atoms. The zero-order valence-electron chi connectivity index (χ0n) is 16.8. The van der Waals surface area contributed by atoms with Gasteiger partial charge < -0.3 is 9.47 Å². The van der Waals surface area contributed by atoms with E-state index in [4.69, 9.17) is 9.47 Å². The summed E-state index contributed by atoms with van der Waals surface area (Å²) in [6.45, 7) is 0.784. The van der Waals surface area contributed by atoms with Crippen LogP contribution in [0, 0.1) is 0 Å². The van der Waals surface area contributed by atoms with Crippen molar-refractivity contribution in [2.45, 2.75) is 23.7 Å². The molecular formula is C20H23N5O4S. The average molecular weight is 430 g/mol. The SMILES string of the molecule is COc1ccc(S(=O)(=O)N2CCC(c3nnnn3-c3ccccc3)CC2)cc1OC. The molecule has 0 radical (unpaired) electrons. The number of nitrogens with zero attached hydrogens (tertiary/aromatic N) is 5. The summed E-state index contributed by atoms with van der Waals surface area (Å²) in [6, 6.07) is 14.3. The van der Waals surface area contributed by atoms with Gasteiger partial charge in [-0.3, -0.25) is 0 Å². The van der Waals surface area contributed by atoms with Crippen molar-refractivity contribution in [3.8, 4) is 17.2 Å². The lowest BCUT2D eigenvalue weighted by molar-refractivity contribution is 0.311. The van der Waals surface area contributed by atoms with Crippen LogP contribution in [0.15, 0.2) is 53.4 Å². The van der Waals surface area contributed by atoms with Crippen LogP contribution in [0.4, 0.5) is 0 Å². The third-order valence-corrected chi connectivity index (χ3v) is 7.20. The normalized spacial score (nSPS) is 15.8. The van der Waals surface area contributed by atoms with Crippen molar-refractivity contribution in [1.82, 2.24) is 24.5 Å². The van der Waals surface area contributed by atoms with Gasteiger partial charge in [-0.05, 0) is 47.5 Å². The lowest BCUT2D eigenvalue weighted by atomic mass is 9.97. The summed E-state index contributed by atoms with van der Waals surface area (Å²) < 4.78 is 39.9. The molecular weight excluding hydrogens is 406 g/mol. The van der Waals surface area contributed by atoms with Crippen LogP contribution in [-0.4, -0.2) is 60.2 Å². The number of benzene rings is 2. The molecule has 0 aliphatic carbocycles. The quantitative estimate of drug-likeness (QED) is 0.592. The summed E-state index contributed by atoms with van der Waals surface area (Å²) in [5.74, 6) is 1.71. The molecule has 10 heteroatoms. The zero-order valence-corrected chi connectivity index (χ0v) is 17.6. The van der Waals surface area contributed by atoms with E-state index in [-0.39, 0.29) is 10.8 Å². The Morgan fingerprint density at radius 3 is 2.33 bits per heavy atom. The Balaban J connectivity index is 1.51. The molecule has 2 aromatic carbocycles. The van der Waals surface area contributed by atoms with Crippen LogP contribution < -0.4 is 9.47 Å². The lowest BCUT2D eigenvalue weighted by Crippen LogP contribution is -2.38. The number of tetrazole rings is 1. The van der Waals surface area contributed by atoms with Crippen molar-refractivity contribution in [2.24, 2.45) is 0 Å². The Hall–Kier alpha value is -2.98. The molecule has 0 saturated carbocycles. The van der Waals surface area contributed by atoms with Crippen molar-refractivity contribution in [3.05, 3.63) is 54.4 Å². The van der Waals surface area contributed by atoms with Crippen LogP contribution in [0.25, 0.3) is 5.69 Å². The van der Waals surface area contributed by atoms with Crippen LogP contribution in [0.3, 0.4) is 0 Å². The minimum absolute atomic E-state index is 0.0806. The minimum atomic E-state index is -3.63. The Morgan fingerprint density at radius 2 is 1.67 bits per heavy atom. The number of para-hydroxylation sites is 1. The summed E-state index contributed by atoms with van der Waals surface area (Å²) in [7, 11) is -0.638. The molecule has 3 aromatic rings. The van der Waals surface area contributed by atoms with E-state index in [2.05, 4.69) is 15.5 Å². The van der Waals surface area contributed by atoms with Gasteiger partial charge in [-0.2, -0.15) is 8.99 Å². The Morgan fingerprint density at radius 1 is 0.967 bits per heavy atom.